The van der Waals surface area contributed by atoms with E-state index in [9.17, 15) is 0 Å². The van der Waals surface area contributed by atoms with Crippen molar-refractivity contribution >= 4 is 0 Å². The Kier molecular flexibility index (Phi) is 3.05. The van der Waals surface area contributed by atoms with Crippen molar-refractivity contribution in [3.8, 4) is 0 Å². The van der Waals surface area contributed by atoms with Gasteiger partial charge in [0.15, 0.2) is 6.39 Å². The third-order valence-electron chi connectivity index (χ3n) is 2.81. The number of hydrogen-bond donors (Lipinski definition) is 1. The maximum atomic E-state index is 5.16. The molecule has 2 heterocycles. The van der Waals surface area contributed by atoms with Crippen LogP contribution in [-0.2, 0) is 13.6 Å². The molecule has 0 aromatic carbocycles. The fraction of sp³-hybridized carbons (Fsp3) is 0.455. The molecule has 16 heavy (non-hydrogen) atoms. The van der Waals surface area contributed by atoms with Crippen LogP contribution >= 0.6 is 0 Å². The second-order valence-corrected chi connectivity index (χ2v) is 3.88. The number of rotatable bonds is 4. The summed E-state index contributed by atoms with van der Waals surface area (Å²) in [6.45, 7) is 4.85. The van der Waals surface area contributed by atoms with Crippen molar-refractivity contribution in [2.75, 3.05) is 0 Å². The van der Waals surface area contributed by atoms with Crippen molar-refractivity contribution in [2.24, 2.45) is 7.05 Å². The molecule has 2 aromatic rings. The monoisotopic (exact) mass is 220 g/mol. The highest BCUT2D eigenvalue weighted by Crippen LogP contribution is 2.16. The Labute approximate surface area is 94.5 Å². The maximum absolute atomic E-state index is 5.16. The molecule has 1 N–H and O–H groups in total. The van der Waals surface area contributed by atoms with Crippen LogP contribution in [0.2, 0.25) is 0 Å². The quantitative estimate of drug-likeness (QED) is 0.849. The highest BCUT2D eigenvalue weighted by Gasteiger charge is 2.11. The Balaban J connectivity index is 1.98. The lowest BCUT2D eigenvalue weighted by Gasteiger charge is -2.12. The van der Waals surface area contributed by atoms with Gasteiger partial charge in [-0.2, -0.15) is 5.10 Å². The van der Waals surface area contributed by atoms with E-state index in [-0.39, 0.29) is 6.04 Å². The number of hydrogen-bond acceptors (Lipinski definition) is 4. The summed E-state index contributed by atoms with van der Waals surface area (Å²) < 4.78 is 7.04. The number of nitrogens with zero attached hydrogens (tertiary/aromatic N) is 3. The van der Waals surface area contributed by atoms with Crippen molar-refractivity contribution in [3.05, 3.63) is 35.8 Å². The van der Waals surface area contributed by atoms with Crippen molar-refractivity contribution in [3.63, 3.8) is 0 Å². The first kappa shape index (κ1) is 10.9. The first-order chi connectivity index (χ1) is 7.68. The molecular weight excluding hydrogens is 204 g/mol. The molecule has 0 saturated carbocycles. The van der Waals surface area contributed by atoms with Crippen LogP contribution in [0, 0.1) is 6.92 Å². The standard InChI is InChI=1S/C11H16N4O/c1-8(11-6-14-15(3)9(11)2)13-5-10-4-12-7-16-10/h4,6-8,13H,5H2,1-3H3. The summed E-state index contributed by atoms with van der Waals surface area (Å²) >= 11 is 0. The van der Waals surface area contributed by atoms with Crippen molar-refractivity contribution < 1.29 is 4.42 Å². The molecule has 86 valence electrons. The molecule has 5 heteroatoms. The van der Waals surface area contributed by atoms with E-state index >= 15 is 0 Å². The van der Waals surface area contributed by atoms with Crippen LogP contribution in [0.15, 0.2) is 23.2 Å². The van der Waals surface area contributed by atoms with Gasteiger partial charge >= 0.3 is 0 Å². The highest BCUT2D eigenvalue weighted by atomic mass is 16.3. The van der Waals surface area contributed by atoms with E-state index in [2.05, 4.69) is 29.2 Å². The lowest BCUT2D eigenvalue weighted by molar-refractivity contribution is 0.457. The fourth-order valence-electron chi connectivity index (χ4n) is 1.63. The van der Waals surface area contributed by atoms with E-state index in [4.69, 9.17) is 4.42 Å². The SMILES string of the molecule is Cc1c(C(C)NCc2cnco2)cnn1C. The van der Waals surface area contributed by atoms with Gasteiger partial charge in [-0.3, -0.25) is 4.68 Å². The lowest BCUT2D eigenvalue weighted by Crippen LogP contribution is -2.18. The predicted octanol–water partition coefficient (Wildman–Crippen LogP) is 1.57. The zero-order chi connectivity index (χ0) is 11.5. The van der Waals surface area contributed by atoms with E-state index < -0.39 is 0 Å². The van der Waals surface area contributed by atoms with Gasteiger partial charge < -0.3 is 9.73 Å². The topological polar surface area (TPSA) is 55.9 Å². The summed E-state index contributed by atoms with van der Waals surface area (Å²) in [6, 6.07) is 0.249. The number of nitrogens with one attached hydrogen (secondary N) is 1. The number of aromatic nitrogens is 3. The normalized spacial score (nSPS) is 12.9. The number of oxazole rings is 1. The maximum Gasteiger partial charge on any atom is 0.180 e. The zero-order valence-corrected chi connectivity index (χ0v) is 9.77. The summed E-state index contributed by atoms with van der Waals surface area (Å²) in [4.78, 5) is 3.87. The minimum absolute atomic E-state index is 0.249. The fourth-order valence-corrected chi connectivity index (χ4v) is 1.63. The highest BCUT2D eigenvalue weighted by molar-refractivity contribution is 5.19. The summed E-state index contributed by atoms with van der Waals surface area (Å²) in [5, 5.41) is 7.59. The molecule has 0 saturated heterocycles. The van der Waals surface area contributed by atoms with Gasteiger partial charge in [-0.05, 0) is 13.8 Å². The van der Waals surface area contributed by atoms with E-state index in [1.807, 2.05) is 17.9 Å². The Morgan fingerprint density at radius 3 is 2.88 bits per heavy atom. The average Bonchev–Trinajstić information content (AvgIpc) is 2.88. The molecule has 0 fully saturated rings. The van der Waals surface area contributed by atoms with Gasteiger partial charge in [0.1, 0.15) is 5.76 Å². The average molecular weight is 220 g/mol. The van der Waals surface area contributed by atoms with Crippen LogP contribution in [0.3, 0.4) is 0 Å². The van der Waals surface area contributed by atoms with E-state index in [0.29, 0.717) is 6.54 Å². The Bertz CT molecular complexity index is 447. The van der Waals surface area contributed by atoms with Crippen LogP contribution in [-0.4, -0.2) is 14.8 Å². The van der Waals surface area contributed by atoms with Crippen LogP contribution in [0.1, 0.15) is 30.0 Å². The molecule has 0 aliphatic heterocycles. The van der Waals surface area contributed by atoms with Crippen LogP contribution in [0.25, 0.3) is 0 Å². The molecular formula is C11H16N4O. The lowest BCUT2D eigenvalue weighted by atomic mass is 10.1. The van der Waals surface area contributed by atoms with Crippen LogP contribution in [0.4, 0.5) is 0 Å². The van der Waals surface area contributed by atoms with Gasteiger partial charge in [-0.25, -0.2) is 4.98 Å². The van der Waals surface area contributed by atoms with Gasteiger partial charge in [-0.1, -0.05) is 0 Å². The summed E-state index contributed by atoms with van der Waals surface area (Å²) in [6.07, 6.45) is 5.06. The molecule has 0 radical (unpaired) electrons. The summed E-state index contributed by atoms with van der Waals surface area (Å²) in [5.74, 6) is 0.841. The minimum Gasteiger partial charge on any atom is -0.447 e. The molecule has 2 aromatic heterocycles. The second-order valence-electron chi connectivity index (χ2n) is 3.88. The Morgan fingerprint density at radius 2 is 2.31 bits per heavy atom. The molecule has 1 unspecified atom stereocenters. The van der Waals surface area contributed by atoms with E-state index in [1.54, 1.807) is 6.20 Å². The zero-order valence-electron chi connectivity index (χ0n) is 9.77. The van der Waals surface area contributed by atoms with Gasteiger partial charge in [0.05, 0.1) is 18.9 Å². The van der Waals surface area contributed by atoms with Crippen molar-refractivity contribution in [1.82, 2.24) is 20.1 Å². The molecule has 0 amide bonds. The third-order valence-corrected chi connectivity index (χ3v) is 2.81. The molecule has 5 nitrogen and oxygen atoms in total. The molecule has 0 bridgehead atoms. The van der Waals surface area contributed by atoms with E-state index in [0.717, 1.165) is 5.76 Å². The van der Waals surface area contributed by atoms with Crippen molar-refractivity contribution in [2.45, 2.75) is 26.4 Å². The predicted molar refractivity (Wildman–Crippen MR) is 59.7 cm³/mol. The number of aryl methyl sites for hydroxylation is 1. The first-order valence-corrected chi connectivity index (χ1v) is 5.27. The minimum atomic E-state index is 0.249. The molecule has 1 atom stereocenters. The Morgan fingerprint density at radius 1 is 1.50 bits per heavy atom. The summed E-state index contributed by atoms with van der Waals surface area (Å²) in [7, 11) is 1.95. The largest absolute Gasteiger partial charge is 0.447 e. The molecule has 0 aliphatic rings. The first-order valence-electron chi connectivity index (χ1n) is 5.27. The van der Waals surface area contributed by atoms with Gasteiger partial charge in [0, 0.05) is 24.3 Å². The van der Waals surface area contributed by atoms with E-state index in [1.165, 1.54) is 17.7 Å². The smallest absolute Gasteiger partial charge is 0.180 e. The van der Waals surface area contributed by atoms with Gasteiger partial charge in [-0.15, -0.1) is 0 Å². The molecule has 0 spiro atoms. The van der Waals surface area contributed by atoms with Crippen LogP contribution in [0.5, 0.6) is 0 Å². The molecule has 0 aliphatic carbocycles. The Hall–Kier alpha value is -1.62. The molecule has 2 rings (SSSR count). The van der Waals surface area contributed by atoms with Crippen molar-refractivity contribution in [1.29, 1.82) is 0 Å². The second kappa shape index (κ2) is 4.49. The van der Waals surface area contributed by atoms with Gasteiger partial charge in [0.25, 0.3) is 0 Å². The summed E-state index contributed by atoms with van der Waals surface area (Å²) in [5.41, 5.74) is 2.39. The van der Waals surface area contributed by atoms with Gasteiger partial charge in [0.2, 0.25) is 0 Å². The third kappa shape index (κ3) is 2.14. The van der Waals surface area contributed by atoms with Crippen LogP contribution < -0.4 is 5.32 Å².